The van der Waals surface area contributed by atoms with Crippen LogP contribution in [0.4, 0.5) is 0 Å². The summed E-state index contributed by atoms with van der Waals surface area (Å²) in [5, 5.41) is 3.00. The molecule has 1 aromatic carbocycles. The minimum atomic E-state index is -3.96. The Labute approximate surface area is 158 Å². The van der Waals surface area contributed by atoms with Crippen LogP contribution in [0.25, 0.3) is 0 Å². The molecule has 26 heavy (non-hydrogen) atoms. The maximum atomic E-state index is 12.5. The normalized spacial score (nSPS) is 16.9. The molecule has 1 heterocycles. The summed E-state index contributed by atoms with van der Waals surface area (Å²) < 4.78 is 37.8. The van der Waals surface area contributed by atoms with E-state index >= 15 is 0 Å². The molecule has 1 atom stereocenters. The summed E-state index contributed by atoms with van der Waals surface area (Å²) in [5.74, 6) is -0.246. The zero-order valence-corrected chi connectivity index (χ0v) is 16.4. The van der Waals surface area contributed by atoms with Gasteiger partial charge in [-0.05, 0) is 25.1 Å². The van der Waals surface area contributed by atoms with Crippen LogP contribution in [0.3, 0.4) is 0 Å². The van der Waals surface area contributed by atoms with Crippen molar-refractivity contribution in [3.63, 3.8) is 0 Å². The van der Waals surface area contributed by atoms with Crippen LogP contribution in [0.15, 0.2) is 23.1 Å². The third kappa shape index (κ3) is 5.82. The summed E-state index contributed by atoms with van der Waals surface area (Å²) in [6, 6.07) is 3.34. The molecule has 2 rings (SSSR count). The van der Waals surface area contributed by atoms with Crippen molar-refractivity contribution in [3.8, 4) is 5.75 Å². The molecule has 146 valence electrons. The van der Waals surface area contributed by atoms with Crippen molar-refractivity contribution in [2.75, 3.05) is 46.5 Å². The molecule has 1 aromatic rings. The van der Waals surface area contributed by atoms with Gasteiger partial charge in [0.15, 0.2) is 0 Å². The molecule has 1 amide bonds. The molecule has 8 nitrogen and oxygen atoms in total. The minimum absolute atomic E-state index is 0.111. The maximum Gasteiger partial charge on any atom is 0.245 e. The molecule has 0 saturated carbocycles. The molecule has 1 fully saturated rings. The molecule has 0 aromatic heterocycles. The third-order valence-electron chi connectivity index (χ3n) is 3.97. The second-order valence-corrected chi connectivity index (χ2v) is 8.00. The molecule has 1 aliphatic heterocycles. The Bertz CT molecular complexity index is 723. The van der Waals surface area contributed by atoms with Crippen LogP contribution in [0.5, 0.6) is 5.75 Å². The number of amides is 1. The molecule has 0 aliphatic carbocycles. The first-order chi connectivity index (χ1) is 12.3. The molecule has 0 spiro atoms. The number of benzene rings is 1. The third-order valence-corrected chi connectivity index (χ3v) is 5.77. The smallest absolute Gasteiger partial charge is 0.245 e. The van der Waals surface area contributed by atoms with Crippen molar-refractivity contribution < 1.29 is 22.7 Å². The monoisotopic (exact) mass is 405 g/mol. The predicted molar refractivity (Wildman–Crippen MR) is 98.1 cm³/mol. The number of sulfonamides is 1. The van der Waals surface area contributed by atoms with Crippen LogP contribution in [0.1, 0.15) is 6.92 Å². The van der Waals surface area contributed by atoms with E-state index in [1.807, 2.05) is 0 Å². The Morgan fingerprint density at radius 1 is 1.38 bits per heavy atom. The van der Waals surface area contributed by atoms with Crippen molar-refractivity contribution in [2.24, 2.45) is 0 Å². The van der Waals surface area contributed by atoms with E-state index in [9.17, 15) is 13.2 Å². The van der Waals surface area contributed by atoms with Crippen LogP contribution >= 0.6 is 11.6 Å². The first-order valence-corrected chi connectivity index (χ1v) is 10.1. The Balaban J connectivity index is 1.91. The molecule has 1 saturated heterocycles. The second-order valence-electron chi connectivity index (χ2n) is 5.88. The maximum absolute atomic E-state index is 12.5. The predicted octanol–water partition coefficient (Wildman–Crippen LogP) is 0.464. The summed E-state index contributed by atoms with van der Waals surface area (Å²) >= 11 is 5.88. The molecule has 1 aliphatic rings. The fourth-order valence-corrected chi connectivity index (χ4v) is 4.16. The molecule has 0 unspecified atom stereocenters. The van der Waals surface area contributed by atoms with Gasteiger partial charge in [-0.15, -0.1) is 0 Å². The lowest BCUT2D eigenvalue weighted by Crippen LogP contribution is -2.47. The van der Waals surface area contributed by atoms with E-state index < -0.39 is 22.0 Å². The van der Waals surface area contributed by atoms with Crippen LogP contribution in [-0.4, -0.2) is 71.8 Å². The van der Waals surface area contributed by atoms with E-state index in [0.29, 0.717) is 26.3 Å². The highest BCUT2D eigenvalue weighted by molar-refractivity contribution is 7.89. The quantitative estimate of drug-likeness (QED) is 0.652. The number of nitrogens with zero attached hydrogens (tertiary/aromatic N) is 1. The average Bonchev–Trinajstić information content (AvgIpc) is 2.62. The number of nitrogens with one attached hydrogen (secondary N) is 2. The van der Waals surface area contributed by atoms with Gasteiger partial charge in [0.25, 0.3) is 0 Å². The summed E-state index contributed by atoms with van der Waals surface area (Å²) in [4.78, 5) is 14.2. The largest absolute Gasteiger partial charge is 0.495 e. The number of ether oxygens (including phenoxy) is 2. The number of carbonyl (C=O) groups is 1. The van der Waals surface area contributed by atoms with Gasteiger partial charge in [0.05, 0.1) is 26.4 Å². The van der Waals surface area contributed by atoms with Crippen molar-refractivity contribution >= 4 is 27.5 Å². The Morgan fingerprint density at radius 2 is 2.08 bits per heavy atom. The lowest BCUT2D eigenvalue weighted by Gasteiger charge is -2.26. The number of rotatable bonds is 8. The summed E-state index contributed by atoms with van der Waals surface area (Å²) in [5.41, 5.74) is 0. The van der Waals surface area contributed by atoms with Crippen LogP contribution in [-0.2, 0) is 19.6 Å². The van der Waals surface area contributed by atoms with Crippen molar-refractivity contribution in [2.45, 2.75) is 17.9 Å². The summed E-state index contributed by atoms with van der Waals surface area (Å²) in [7, 11) is -2.60. The van der Waals surface area contributed by atoms with Gasteiger partial charge in [-0.2, -0.15) is 4.72 Å². The highest BCUT2D eigenvalue weighted by atomic mass is 35.5. The van der Waals surface area contributed by atoms with Gasteiger partial charge in [-0.25, -0.2) is 8.42 Å². The lowest BCUT2D eigenvalue weighted by atomic mass is 10.3. The van der Waals surface area contributed by atoms with Crippen molar-refractivity contribution in [1.82, 2.24) is 14.9 Å². The number of morpholine rings is 1. The van der Waals surface area contributed by atoms with E-state index in [0.717, 1.165) is 13.1 Å². The Morgan fingerprint density at radius 3 is 2.73 bits per heavy atom. The Hall–Kier alpha value is -1.39. The van der Waals surface area contributed by atoms with E-state index in [-0.39, 0.29) is 15.7 Å². The van der Waals surface area contributed by atoms with Crippen LogP contribution in [0.2, 0.25) is 5.02 Å². The number of carbonyl (C=O) groups excluding carboxylic acids is 1. The van der Waals surface area contributed by atoms with E-state index in [1.54, 1.807) is 0 Å². The summed E-state index contributed by atoms with van der Waals surface area (Å²) in [6.07, 6.45) is 0. The van der Waals surface area contributed by atoms with E-state index in [4.69, 9.17) is 21.1 Å². The summed E-state index contributed by atoms with van der Waals surface area (Å²) in [6.45, 7) is 5.64. The molecule has 0 radical (unpaired) electrons. The molecular weight excluding hydrogens is 382 g/mol. The number of hydrogen-bond donors (Lipinski definition) is 2. The SMILES string of the molecule is COc1ccc(Cl)cc1S(=O)(=O)N[C@H](C)C(=O)NCCN1CCOCC1. The number of methoxy groups -OCH3 is 1. The van der Waals surface area contributed by atoms with E-state index in [1.165, 1.54) is 32.2 Å². The Kier molecular flexibility index (Phi) is 7.66. The highest BCUT2D eigenvalue weighted by Gasteiger charge is 2.25. The molecule has 10 heteroatoms. The van der Waals surface area contributed by atoms with Gasteiger partial charge in [-0.3, -0.25) is 9.69 Å². The van der Waals surface area contributed by atoms with Crippen molar-refractivity contribution in [1.29, 1.82) is 0 Å². The lowest BCUT2D eigenvalue weighted by molar-refractivity contribution is -0.122. The fourth-order valence-electron chi connectivity index (χ4n) is 2.53. The van der Waals surface area contributed by atoms with Gasteiger partial charge in [0.2, 0.25) is 15.9 Å². The van der Waals surface area contributed by atoms with E-state index in [2.05, 4.69) is 14.9 Å². The zero-order chi connectivity index (χ0) is 19.2. The average molecular weight is 406 g/mol. The van der Waals surface area contributed by atoms with Crippen LogP contribution < -0.4 is 14.8 Å². The molecular formula is C16H24ClN3O5S. The van der Waals surface area contributed by atoms with Gasteiger partial charge >= 0.3 is 0 Å². The fraction of sp³-hybridized carbons (Fsp3) is 0.562. The zero-order valence-electron chi connectivity index (χ0n) is 14.8. The number of halogens is 1. The molecule has 2 N–H and O–H groups in total. The standard InChI is InChI=1S/C16H24ClN3O5S/c1-12(16(21)18-5-6-20-7-9-25-10-8-20)19-26(22,23)15-11-13(17)3-4-14(15)24-2/h3-4,11-12,19H,5-10H2,1-2H3,(H,18,21)/t12-/m1/s1. The van der Waals surface area contributed by atoms with Gasteiger partial charge in [0.1, 0.15) is 10.6 Å². The van der Waals surface area contributed by atoms with Crippen LogP contribution in [0, 0.1) is 0 Å². The molecule has 0 bridgehead atoms. The van der Waals surface area contributed by atoms with Crippen molar-refractivity contribution in [3.05, 3.63) is 23.2 Å². The number of hydrogen-bond acceptors (Lipinski definition) is 6. The minimum Gasteiger partial charge on any atom is -0.495 e. The topological polar surface area (TPSA) is 97.0 Å². The first-order valence-electron chi connectivity index (χ1n) is 8.27. The van der Waals surface area contributed by atoms with Gasteiger partial charge in [0, 0.05) is 31.2 Å². The first kappa shape index (κ1) is 20.9. The van der Waals surface area contributed by atoms with Gasteiger partial charge in [-0.1, -0.05) is 11.6 Å². The highest BCUT2D eigenvalue weighted by Crippen LogP contribution is 2.27. The van der Waals surface area contributed by atoms with Gasteiger partial charge < -0.3 is 14.8 Å². The second kappa shape index (κ2) is 9.52.